The summed E-state index contributed by atoms with van der Waals surface area (Å²) in [5, 5.41) is 9.65. The Morgan fingerprint density at radius 1 is 1.43 bits per heavy atom. The molecule has 0 spiro atoms. The standard InChI is InChI=1S/C10H9NO2S/c1-5-3-6(2)9-7(4-5)8(10(12)13)11-14-9/h3-4H,1-2H3,(H,12,13). The van der Waals surface area contributed by atoms with E-state index in [4.69, 9.17) is 5.11 Å². The Balaban J connectivity index is 2.85. The maximum absolute atomic E-state index is 10.8. The van der Waals surface area contributed by atoms with Gasteiger partial charge in [0.2, 0.25) is 0 Å². The van der Waals surface area contributed by atoms with Crippen LogP contribution in [0.25, 0.3) is 10.1 Å². The molecular formula is C10H9NO2S. The highest BCUT2D eigenvalue weighted by molar-refractivity contribution is 7.13. The number of aromatic nitrogens is 1. The van der Waals surface area contributed by atoms with Crippen LogP contribution < -0.4 is 0 Å². The zero-order valence-corrected chi connectivity index (χ0v) is 8.68. The summed E-state index contributed by atoms with van der Waals surface area (Å²) in [5.41, 5.74) is 2.32. The van der Waals surface area contributed by atoms with Gasteiger partial charge in [-0.2, -0.15) is 4.37 Å². The van der Waals surface area contributed by atoms with Crippen LogP contribution in [0.3, 0.4) is 0 Å². The molecule has 1 heterocycles. The normalized spacial score (nSPS) is 10.7. The van der Waals surface area contributed by atoms with Gasteiger partial charge in [-0.1, -0.05) is 11.6 Å². The summed E-state index contributed by atoms with van der Waals surface area (Å²) in [7, 11) is 0. The largest absolute Gasteiger partial charge is 0.476 e. The zero-order chi connectivity index (χ0) is 10.3. The average Bonchev–Trinajstić information content (AvgIpc) is 2.47. The fourth-order valence-corrected chi connectivity index (χ4v) is 2.36. The number of carbonyl (C=O) groups is 1. The minimum atomic E-state index is -0.957. The maximum atomic E-state index is 10.8. The molecule has 0 aliphatic heterocycles. The summed E-state index contributed by atoms with van der Waals surface area (Å²) in [4.78, 5) is 10.8. The van der Waals surface area contributed by atoms with Crippen molar-refractivity contribution in [2.45, 2.75) is 13.8 Å². The molecule has 0 atom stereocenters. The number of carboxylic acids is 1. The van der Waals surface area contributed by atoms with E-state index in [0.29, 0.717) is 0 Å². The van der Waals surface area contributed by atoms with E-state index in [-0.39, 0.29) is 5.69 Å². The first-order valence-electron chi connectivity index (χ1n) is 4.19. The van der Waals surface area contributed by atoms with Gasteiger partial charge in [-0.15, -0.1) is 0 Å². The fourth-order valence-electron chi connectivity index (χ4n) is 1.55. The van der Waals surface area contributed by atoms with Gasteiger partial charge < -0.3 is 5.11 Å². The SMILES string of the molecule is Cc1cc(C)c2snc(C(=O)O)c2c1. The van der Waals surface area contributed by atoms with E-state index in [2.05, 4.69) is 4.37 Å². The zero-order valence-electron chi connectivity index (χ0n) is 7.87. The number of fused-ring (bicyclic) bond motifs is 1. The third kappa shape index (κ3) is 1.28. The minimum absolute atomic E-state index is 0.164. The molecule has 0 aliphatic rings. The first kappa shape index (κ1) is 9.15. The van der Waals surface area contributed by atoms with Crippen molar-refractivity contribution in [1.82, 2.24) is 4.37 Å². The lowest BCUT2D eigenvalue weighted by atomic mass is 10.1. The summed E-state index contributed by atoms with van der Waals surface area (Å²) in [6.45, 7) is 3.93. The Bertz CT molecular complexity index is 516. The third-order valence-electron chi connectivity index (χ3n) is 2.10. The van der Waals surface area contributed by atoms with Gasteiger partial charge in [-0.3, -0.25) is 0 Å². The molecule has 14 heavy (non-hydrogen) atoms. The Hall–Kier alpha value is -1.42. The first-order valence-corrected chi connectivity index (χ1v) is 4.97. The maximum Gasteiger partial charge on any atom is 0.356 e. The van der Waals surface area contributed by atoms with Gasteiger partial charge in [-0.05, 0) is 37.0 Å². The molecule has 3 nitrogen and oxygen atoms in total. The number of benzene rings is 1. The van der Waals surface area contributed by atoms with Crippen LogP contribution in [0.5, 0.6) is 0 Å². The predicted octanol–water partition coefficient (Wildman–Crippen LogP) is 2.61. The van der Waals surface area contributed by atoms with E-state index >= 15 is 0 Å². The highest BCUT2D eigenvalue weighted by atomic mass is 32.1. The van der Waals surface area contributed by atoms with Crippen LogP contribution in [0, 0.1) is 13.8 Å². The molecule has 4 heteroatoms. The van der Waals surface area contributed by atoms with Crippen molar-refractivity contribution >= 4 is 27.6 Å². The molecule has 2 aromatic rings. The highest BCUT2D eigenvalue weighted by Crippen LogP contribution is 2.27. The smallest absolute Gasteiger partial charge is 0.356 e. The van der Waals surface area contributed by atoms with E-state index in [1.807, 2.05) is 26.0 Å². The van der Waals surface area contributed by atoms with Crippen LogP contribution in [-0.2, 0) is 0 Å². The van der Waals surface area contributed by atoms with Crippen molar-refractivity contribution in [3.05, 3.63) is 29.0 Å². The molecule has 72 valence electrons. The fraction of sp³-hybridized carbons (Fsp3) is 0.200. The van der Waals surface area contributed by atoms with Crippen LogP contribution in [0.1, 0.15) is 21.6 Å². The first-order chi connectivity index (χ1) is 6.59. The van der Waals surface area contributed by atoms with Crippen LogP contribution in [0.4, 0.5) is 0 Å². The van der Waals surface area contributed by atoms with E-state index in [1.165, 1.54) is 11.5 Å². The molecular weight excluding hydrogens is 198 g/mol. The molecule has 0 unspecified atom stereocenters. The molecule has 0 aliphatic carbocycles. The van der Waals surface area contributed by atoms with Gasteiger partial charge in [0.15, 0.2) is 5.69 Å². The summed E-state index contributed by atoms with van der Waals surface area (Å²) in [6.07, 6.45) is 0. The Labute approximate surface area is 85.2 Å². The van der Waals surface area contributed by atoms with E-state index in [0.717, 1.165) is 21.2 Å². The molecule has 0 radical (unpaired) electrons. The molecule has 2 rings (SSSR count). The van der Waals surface area contributed by atoms with E-state index < -0.39 is 5.97 Å². The monoisotopic (exact) mass is 207 g/mol. The summed E-state index contributed by atoms with van der Waals surface area (Å²) in [6, 6.07) is 3.90. The molecule has 0 amide bonds. The summed E-state index contributed by atoms with van der Waals surface area (Å²) >= 11 is 1.25. The number of carboxylic acid groups (broad SMARTS) is 1. The van der Waals surface area contributed by atoms with Gasteiger partial charge in [0, 0.05) is 5.39 Å². The van der Waals surface area contributed by atoms with Crippen molar-refractivity contribution in [3.8, 4) is 0 Å². The highest BCUT2D eigenvalue weighted by Gasteiger charge is 2.14. The second kappa shape index (κ2) is 3.06. The molecule has 0 bridgehead atoms. The topological polar surface area (TPSA) is 50.2 Å². The molecule has 1 aromatic heterocycles. The predicted molar refractivity (Wildman–Crippen MR) is 56.1 cm³/mol. The second-order valence-corrected chi connectivity index (χ2v) is 4.07. The minimum Gasteiger partial charge on any atom is -0.476 e. The van der Waals surface area contributed by atoms with E-state index in [1.54, 1.807) is 0 Å². The molecule has 1 N–H and O–H groups in total. The quantitative estimate of drug-likeness (QED) is 0.782. The van der Waals surface area contributed by atoms with Gasteiger partial charge in [0.25, 0.3) is 0 Å². The second-order valence-electron chi connectivity index (χ2n) is 3.29. The van der Waals surface area contributed by atoms with Crippen LogP contribution in [0.2, 0.25) is 0 Å². The van der Waals surface area contributed by atoms with Crippen molar-refractivity contribution < 1.29 is 9.90 Å². The lowest BCUT2D eigenvalue weighted by molar-refractivity contribution is 0.0694. The number of nitrogens with zero attached hydrogens (tertiary/aromatic N) is 1. The number of hydrogen-bond acceptors (Lipinski definition) is 3. The number of rotatable bonds is 1. The van der Waals surface area contributed by atoms with Gasteiger partial charge >= 0.3 is 5.97 Å². The Kier molecular flexibility index (Phi) is 2.00. The third-order valence-corrected chi connectivity index (χ3v) is 3.10. The molecule has 1 aromatic carbocycles. The Morgan fingerprint density at radius 3 is 2.79 bits per heavy atom. The molecule has 0 saturated heterocycles. The van der Waals surface area contributed by atoms with Crippen molar-refractivity contribution in [3.63, 3.8) is 0 Å². The molecule has 0 saturated carbocycles. The van der Waals surface area contributed by atoms with Crippen molar-refractivity contribution in [2.75, 3.05) is 0 Å². The van der Waals surface area contributed by atoms with E-state index in [9.17, 15) is 4.79 Å². The number of aromatic carboxylic acids is 1. The van der Waals surface area contributed by atoms with Gasteiger partial charge in [-0.25, -0.2) is 4.79 Å². The van der Waals surface area contributed by atoms with Crippen LogP contribution >= 0.6 is 11.5 Å². The van der Waals surface area contributed by atoms with Gasteiger partial charge in [0.1, 0.15) is 0 Å². The summed E-state index contributed by atoms with van der Waals surface area (Å²) in [5.74, 6) is -0.957. The van der Waals surface area contributed by atoms with Crippen LogP contribution in [0.15, 0.2) is 12.1 Å². The lowest BCUT2D eigenvalue weighted by Crippen LogP contribution is -1.96. The average molecular weight is 207 g/mol. The lowest BCUT2D eigenvalue weighted by Gasteiger charge is -1.97. The number of aryl methyl sites for hydroxylation is 2. The van der Waals surface area contributed by atoms with Crippen molar-refractivity contribution in [2.24, 2.45) is 0 Å². The number of hydrogen-bond donors (Lipinski definition) is 1. The van der Waals surface area contributed by atoms with Crippen LogP contribution in [-0.4, -0.2) is 15.4 Å². The van der Waals surface area contributed by atoms with Gasteiger partial charge in [0.05, 0.1) is 4.70 Å². The molecule has 0 fully saturated rings. The Morgan fingerprint density at radius 2 is 2.14 bits per heavy atom. The van der Waals surface area contributed by atoms with Crippen molar-refractivity contribution in [1.29, 1.82) is 0 Å². The summed E-state index contributed by atoms with van der Waals surface area (Å²) < 4.78 is 4.90.